The molecule has 0 heterocycles. The van der Waals surface area contributed by atoms with Gasteiger partial charge in [0.25, 0.3) is 0 Å². The van der Waals surface area contributed by atoms with Crippen LogP contribution in [0.25, 0.3) is 0 Å². The predicted molar refractivity (Wildman–Crippen MR) is 48.7 cm³/mol. The molecule has 0 bridgehead atoms. The van der Waals surface area contributed by atoms with Crippen LogP contribution in [0.5, 0.6) is 0 Å². The van der Waals surface area contributed by atoms with Crippen LogP contribution in [0.15, 0.2) is 0 Å². The highest BCUT2D eigenvalue weighted by molar-refractivity contribution is 9.09. The lowest BCUT2D eigenvalue weighted by Crippen LogP contribution is -2.17. The van der Waals surface area contributed by atoms with Crippen molar-refractivity contribution in [1.82, 2.24) is 0 Å². The molecule has 1 N–H and O–H groups in total. The Kier molecular flexibility index (Phi) is 3.84. The minimum absolute atomic E-state index is 0.341. The number of anilines is 1. The first-order valence-corrected chi connectivity index (χ1v) is 4.89. The molecule has 16 heavy (non-hydrogen) atoms. The first-order chi connectivity index (χ1) is 7.40. The molecule has 1 aromatic carbocycles. The largest absolute Gasteiger partial charge is 0.320 e. The van der Waals surface area contributed by atoms with Gasteiger partial charge in [0.15, 0.2) is 23.3 Å². The van der Waals surface area contributed by atoms with E-state index in [0.717, 1.165) is 0 Å². The van der Waals surface area contributed by atoms with Crippen molar-refractivity contribution in [3.05, 3.63) is 29.1 Å². The van der Waals surface area contributed by atoms with Gasteiger partial charge in [-0.2, -0.15) is 0 Å². The van der Waals surface area contributed by atoms with E-state index in [1.165, 1.54) is 0 Å². The first kappa shape index (κ1) is 12.9. The van der Waals surface area contributed by atoms with E-state index in [2.05, 4.69) is 15.9 Å². The van der Waals surface area contributed by atoms with Gasteiger partial charge in [-0.1, -0.05) is 15.9 Å². The monoisotopic (exact) mass is 303 g/mol. The van der Waals surface area contributed by atoms with E-state index in [0.29, 0.717) is 0 Å². The van der Waals surface area contributed by atoms with E-state index in [4.69, 9.17) is 0 Å². The maximum absolute atomic E-state index is 12.9. The molecule has 1 rings (SSSR count). The molecule has 1 amide bonds. The van der Waals surface area contributed by atoms with Crippen LogP contribution >= 0.6 is 15.9 Å². The van der Waals surface area contributed by atoms with Gasteiger partial charge >= 0.3 is 0 Å². The summed E-state index contributed by atoms with van der Waals surface area (Å²) in [6.07, 6.45) is 0. The summed E-state index contributed by atoms with van der Waals surface area (Å²) >= 11 is 2.65. The van der Waals surface area contributed by atoms with Crippen molar-refractivity contribution in [2.45, 2.75) is 0 Å². The number of hydrogen-bond donors (Lipinski definition) is 1. The van der Waals surface area contributed by atoms with Crippen LogP contribution in [-0.2, 0) is 4.79 Å². The minimum Gasteiger partial charge on any atom is -0.320 e. The van der Waals surface area contributed by atoms with Gasteiger partial charge in [-0.05, 0) is 0 Å². The predicted octanol–water partition coefficient (Wildman–Crippen LogP) is 2.72. The quantitative estimate of drug-likeness (QED) is 0.387. The van der Waals surface area contributed by atoms with Crippen LogP contribution in [0.4, 0.5) is 27.6 Å². The Bertz CT molecular complexity index is 422. The average molecular weight is 304 g/mol. The highest BCUT2D eigenvalue weighted by Gasteiger charge is 2.26. The summed E-state index contributed by atoms with van der Waals surface area (Å²) in [5.41, 5.74) is -1.36. The second-order valence-corrected chi connectivity index (χ2v) is 3.19. The molecule has 88 valence electrons. The van der Waals surface area contributed by atoms with Crippen molar-refractivity contribution in [2.24, 2.45) is 0 Å². The molecule has 2 nitrogen and oxygen atoms in total. The molecule has 8 heteroatoms. The van der Waals surface area contributed by atoms with Gasteiger partial charge in [0, 0.05) is 0 Å². The van der Waals surface area contributed by atoms with Gasteiger partial charge in [-0.3, -0.25) is 4.79 Å². The Labute approximate surface area is 94.6 Å². The number of carbonyl (C=O) groups excluding carboxylic acids is 1. The maximum Gasteiger partial charge on any atom is 0.235 e. The van der Waals surface area contributed by atoms with E-state index >= 15 is 0 Å². The highest BCUT2D eigenvalue weighted by Crippen LogP contribution is 2.26. The van der Waals surface area contributed by atoms with Crippen molar-refractivity contribution in [2.75, 3.05) is 10.6 Å². The lowest BCUT2D eigenvalue weighted by atomic mass is 10.2. The van der Waals surface area contributed by atoms with Gasteiger partial charge in [0.2, 0.25) is 11.7 Å². The van der Waals surface area contributed by atoms with Crippen molar-refractivity contribution >= 4 is 27.5 Å². The minimum atomic E-state index is -2.27. The number of amides is 1. The molecule has 0 fully saturated rings. The maximum atomic E-state index is 12.9. The molecule has 0 saturated heterocycles. The smallest absolute Gasteiger partial charge is 0.235 e. The molecular formula is C8H3BrF5NO. The van der Waals surface area contributed by atoms with E-state index in [1.54, 1.807) is 5.32 Å². The highest BCUT2D eigenvalue weighted by atomic mass is 79.9. The summed E-state index contributed by atoms with van der Waals surface area (Å²) < 4.78 is 63.7. The normalized spacial score (nSPS) is 10.4. The molecular weight excluding hydrogens is 301 g/mol. The van der Waals surface area contributed by atoms with Crippen LogP contribution in [-0.4, -0.2) is 11.2 Å². The summed E-state index contributed by atoms with van der Waals surface area (Å²) in [7, 11) is 0. The average Bonchev–Trinajstić information content (AvgIpc) is 2.29. The number of rotatable bonds is 2. The second kappa shape index (κ2) is 4.77. The first-order valence-electron chi connectivity index (χ1n) is 3.77. The molecule has 1 aromatic rings. The standard InChI is InChI=1S/C8H3BrF5NO/c9-1-2(16)15-8-6(13)4(11)3(10)5(12)7(8)14/h1H2,(H,15,16). The van der Waals surface area contributed by atoms with Crippen LogP contribution in [0.1, 0.15) is 0 Å². The summed E-state index contributed by atoms with van der Waals surface area (Å²) in [6.45, 7) is 0. The Morgan fingerprint density at radius 1 is 0.938 bits per heavy atom. The van der Waals surface area contributed by atoms with E-state index in [-0.39, 0.29) is 5.33 Å². The molecule has 0 unspecified atom stereocenters. The lowest BCUT2D eigenvalue weighted by molar-refractivity contribution is -0.113. The zero-order valence-electron chi connectivity index (χ0n) is 7.38. The molecule has 0 aliphatic rings. The number of hydrogen-bond acceptors (Lipinski definition) is 1. The van der Waals surface area contributed by atoms with E-state index < -0.39 is 40.7 Å². The van der Waals surface area contributed by atoms with Gasteiger partial charge in [-0.15, -0.1) is 0 Å². The summed E-state index contributed by atoms with van der Waals surface area (Å²) in [6, 6.07) is 0. The molecule has 0 atom stereocenters. The third-order valence-corrected chi connectivity index (χ3v) is 2.10. The fourth-order valence-electron chi connectivity index (χ4n) is 0.887. The zero-order valence-corrected chi connectivity index (χ0v) is 8.97. The topological polar surface area (TPSA) is 29.1 Å². The fraction of sp³-hybridized carbons (Fsp3) is 0.125. The van der Waals surface area contributed by atoms with E-state index in [1.807, 2.05) is 0 Å². The second-order valence-electron chi connectivity index (χ2n) is 2.63. The van der Waals surface area contributed by atoms with Crippen molar-refractivity contribution in [3.63, 3.8) is 0 Å². The number of benzene rings is 1. The number of alkyl halides is 1. The Morgan fingerprint density at radius 3 is 1.69 bits per heavy atom. The molecule has 0 saturated carbocycles. The number of halogens is 6. The summed E-state index contributed by atoms with van der Waals surface area (Å²) in [5, 5.41) is 1.21. The van der Waals surface area contributed by atoms with Gasteiger partial charge < -0.3 is 5.32 Å². The van der Waals surface area contributed by atoms with Crippen LogP contribution in [0.2, 0.25) is 0 Å². The Hall–Kier alpha value is -1.18. The van der Waals surface area contributed by atoms with E-state index in [9.17, 15) is 26.7 Å². The molecule has 0 spiro atoms. The van der Waals surface area contributed by atoms with Crippen molar-refractivity contribution in [3.8, 4) is 0 Å². The molecule has 0 aliphatic heterocycles. The van der Waals surface area contributed by atoms with Crippen LogP contribution in [0, 0.1) is 29.1 Å². The van der Waals surface area contributed by atoms with Crippen molar-refractivity contribution in [1.29, 1.82) is 0 Å². The van der Waals surface area contributed by atoms with Gasteiger partial charge in [0.05, 0.1) is 5.33 Å². The van der Waals surface area contributed by atoms with Gasteiger partial charge in [-0.25, -0.2) is 22.0 Å². The SMILES string of the molecule is O=C(CBr)Nc1c(F)c(F)c(F)c(F)c1F. The summed E-state index contributed by atoms with van der Waals surface area (Å²) in [5.74, 6) is -11.6. The van der Waals surface area contributed by atoms with Crippen LogP contribution < -0.4 is 5.32 Å². The van der Waals surface area contributed by atoms with Crippen LogP contribution in [0.3, 0.4) is 0 Å². The third-order valence-electron chi connectivity index (χ3n) is 1.60. The number of nitrogens with one attached hydrogen (secondary N) is 1. The lowest BCUT2D eigenvalue weighted by Gasteiger charge is -2.08. The zero-order chi connectivity index (χ0) is 12.5. The fourth-order valence-corrected chi connectivity index (χ4v) is 1.03. The Balaban J connectivity index is 3.34. The molecule has 0 radical (unpaired) electrons. The molecule has 0 aliphatic carbocycles. The summed E-state index contributed by atoms with van der Waals surface area (Å²) in [4.78, 5) is 10.8. The van der Waals surface area contributed by atoms with Crippen molar-refractivity contribution < 1.29 is 26.7 Å². The molecule has 0 aromatic heterocycles. The Morgan fingerprint density at radius 2 is 1.31 bits per heavy atom. The van der Waals surface area contributed by atoms with Gasteiger partial charge in [0.1, 0.15) is 5.69 Å². The number of carbonyl (C=O) groups is 1. The third kappa shape index (κ3) is 2.16.